The lowest BCUT2D eigenvalue weighted by Gasteiger charge is -2.27. The summed E-state index contributed by atoms with van der Waals surface area (Å²) in [6.07, 6.45) is 7.56. The highest BCUT2D eigenvalue weighted by Gasteiger charge is 2.32. The van der Waals surface area contributed by atoms with Crippen molar-refractivity contribution >= 4 is 17.7 Å². The maximum atomic E-state index is 5.66. The first kappa shape index (κ1) is 15.4. The van der Waals surface area contributed by atoms with Crippen LogP contribution in [0.3, 0.4) is 0 Å². The lowest BCUT2D eigenvalue weighted by atomic mass is 10.1. The van der Waals surface area contributed by atoms with E-state index in [0.717, 1.165) is 12.2 Å². The Hall–Kier alpha value is -0.970. The van der Waals surface area contributed by atoms with Gasteiger partial charge in [0, 0.05) is 23.1 Å². The molecule has 0 saturated heterocycles. The first-order chi connectivity index (χ1) is 9.53. The van der Waals surface area contributed by atoms with Crippen molar-refractivity contribution in [2.24, 2.45) is 0 Å². The van der Waals surface area contributed by atoms with Crippen LogP contribution in [0, 0.1) is 6.92 Å². The summed E-state index contributed by atoms with van der Waals surface area (Å²) >= 11 is 1.97. The van der Waals surface area contributed by atoms with Gasteiger partial charge in [0.25, 0.3) is 0 Å². The van der Waals surface area contributed by atoms with Gasteiger partial charge in [-0.25, -0.2) is 4.98 Å². The average Bonchev–Trinajstić information content (AvgIpc) is 2.84. The van der Waals surface area contributed by atoms with Gasteiger partial charge < -0.3 is 10.1 Å². The molecule has 1 saturated carbocycles. The molecule has 1 aliphatic rings. The number of hydrogen-bond donors (Lipinski definition) is 1. The maximum Gasteiger partial charge on any atom is 0.226 e. The van der Waals surface area contributed by atoms with Crippen molar-refractivity contribution in [1.82, 2.24) is 9.97 Å². The molecule has 4 nitrogen and oxygen atoms in total. The van der Waals surface area contributed by atoms with Crippen molar-refractivity contribution in [2.75, 3.05) is 18.1 Å². The Labute approximate surface area is 126 Å². The van der Waals surface area contributed by atoms with E-state index >= 15 is 0 Å². The number of aryl methyl sites for hydroxylation is 1. The van der Waals surface area contributed by atoms with Crippen LogP contribution in [0.25, 0.3) is 0 Å². The van der Waals surface area contributed by atoms with Crippen LogP contribution < -0.4 is 10.1 Å². The zero-order chi connectivity index (χ0) is 14.6. The zero-order valence-corrected chi connectivity index (χ0v) is 13.7. The predicted octanol–water partition coefficient (Wildman–Crippen LogP) is 3.66. The number of thioether (sulfide) groups is 1. The summed E-state index contributed by atoms with van der Waals surface area (Å²) in [5.74, 6) is 1.33. The molecule has 5 heteroatoms. The van der Waals surface area contributed by atoms with Crippen LogP contribution in [0.2, 0.25) is 0 Å². The lowest BCUT2D eigenvalue weighted by Crippen LogP contribution is -2.30. The van der Waals surface area contributed by atoms with E-state index in [0.29, 0.717) is 16.6 Å². The normalized spacial score (nSPS) is 17.4. The second-order valence-electron chi connectivity index (χ2n) is 5.79. The summed E-state index contributed by atoms with van der Waals surface area (Å²) in [6, 6.07) is 1.88. The Morgan fingerprint density at radius 3 is 2.65 bits per heavy atom. The Kier molecular flexibility index (Phi) is 5.13. The van der Waals surface area contributed by atoms with Crippen molar-refractivity contribution in [2.45, 2.75) is 57.3 Å². The van der Waals surface area contributed by atoms with Gasteiger partial charge in [-0.3, -0.25) is 0 Å². The average molecular weight is 295 g/mol. The summed E-state index contributed by atoms with van der Waals surface area (Å²) in [7, 11) is 0. The minimum atomic E-state index is 0.129. The molecule has 0 aromatic carbocycles. The van der Waals surface area contributed by atoms with Crippen LogP contribution in [-0.4, -0.2) is 33.6 Å². The van der Waals surface area contributed by atoms with Gasteiger partial charge >= 0.3 is 0 Å². The third-order valence-corrected chi connectivity index (χ3v) is 5.12. The van der Waals surface area contributed by atoms with E-state index in [9.17, 15) is 0 Å². The smallest absolute Gasteiger partial charge is 0.226 e. The molecule has 1 N–H and O–H groups in total. The van der Waals surface area contributed by atoms with Gasteiger partial charge in [-0.15, -0.1) is 0 Å². The van der Waals surface area contributed by atoms with E-state index in [1.54, 1.807) is 0 Å². The molecule has 0 spiro atoms. The zero-order valence-electron chi connectivity index (χ0n) is 12.9. The Morgan fingerprint density at radius 2 is 2.05 bits per heavy atom. The Morgan fingerprint density at radius 1 is 1.35 bits per heavy atom. The van der Waals surface area contributed by atoms with Crippen LogP contribution >= 0.6 is 11.8 Å². The summed E-state index contributed by atoms with van der Waals surface area (Å²) in [5, 5.41) is 3.41. The molecule has 1 fully saturated rings. The van der Waals surface area contributed by atoms with Crippen molar-refractivity contribution in [3.05, 3.63) is 11.8 Å². The number of anilines is 1. The summed E-state index contributed by atoms with van der Waals surface area (Å²) in [5.41, 5.74) is 0.933. The molecule has 0 aliphatic heterocycles. The first-order valence-electron chi connectivity index (χ1n) is 7.34. The highest BCUT2D eigenvalue weighted by atomic mass is 32.2. The van der Waals surface area contributed by atoms with Crippen LogP contribution in [0.1, 0.15) is 45.2 Å². The minimum Gasteiger partial charge on any atom is -0.475 e. The van der Waals surface area contributed by atoms with Gasteiger partial charge in [-0.2, -0.15) is 16.7 Å². The van der Waals surface area contributed by atoms with Crippen LogP contribution in [0.4, 0.5) is 5.95 Å². The van der Waals surface area contributed by atoms with E-state index in [2.05, 4.69) is 21.5 Å². The van der Waals surface area contributed by atoms with Crippen LogP contribution in [0.15, 0.2) is 6.07 Å². The number of aromatic nitrogens is 2. The largest absolute Gasteiger partial charge is 0.475 e. The Balaban J connectivity index is 2.03. The molecular weight excluding hydrogens is 270 g/mol. The van der Waals surface area contributed by atoms with E-state index in [1.807, 2.05) is 38.6 Å². The van der Waals surface area contributed by atoms with E-state index in [-0.39, 0.29) is 6.10 Å². The second-order valence-corrected chi connectivity index (χ2v) is 7.06. The quantitative estimate of drug-likeness (QED) is 0.868. The van der Waals surface area contributed by atoms with Gasteiger partial charge in [-0.1, -0.05) is 12.8 Å². The molecule has 0 unspecified atom stereocenters. The SMILES string of the molecule is CSC1(CNc2nc(C)cc(OC(C)C)n2)CCCC1. The molecular formula is C15H25N3OS. The highest BCUT2D eigenvalue weighted by molar-refractivity contribution is 8.00. The fourth-order valence-electron chi connectivity index (χ4n) is 2.63. The molecule has 0 bridgehead atoms. The molecule has 0 atom stereocenters. The molecule has 2 rings (SSSR count). The number of nitrogens with one attached hydrogen (secondary N) is 1. The van der Waals surface area contributed by atoms with E-state index in [1.165, 1.54) is 25.7 Å². The molecule has 1 aromatic rings. The summed E-state index contributed by atoms with van der Waals surface area (Å²) < 4.78 is 6.02. The molecule has 20 heavy (non-hydrogen) atoms. The van der Waals surface area contributed by atoms with Crippen LogP contribution in [0.5, 0.6) is 5.88 Å². The number of nitrogens with zero attached hydrogens (tertiary/aromatic N) is 2. The third kappa shape index (κ3) is 4.01. The number of hydrogen-bond acceptors (Lipinski definition) is 5. The minimum absolute atomic E-state index is 0.129. The summed E-state index contributed by atoms with van der Waals surface area (Å²) in [6.45, 7) is 6.91. The molecule has 112 valence electrons. The monoisotopic (exact) mass is 295 g/mol. The van der Waals surface area contributed by atoms with Gasteiger partial charge in [0.2, 0.25) is 11.8 Å². The number of ether oxygens (including phenoxy) is 1. The van der Waals surface area contributed by atoms with Gasteiger partial charge in [0.15, 0.2) is 0 Å². The fraction of sp³-hybridized carbons (Fsp3) is 0.733. The van der Waals surface area contributed by atoms with Crippen molar-refractivity contribution < 1.29 is 4.74 Å². The Bertz CT molecular complexity index is 445. The van der Waals surface area contributed by atoms with E-state index in [4.69, 9.17) is 4.74 Å². The second kappa shape index (κ2) is 6.66. The van der Waals surface area contributed by atoms with Crippen molar-refractivity contribution in [3.8, 4) is 5.88 Å². The van der Waals surface area contributed by atoms with Crippen LogP contribution in [-0.2, 0) is 0 Å². The maximum absolute atomic E-state index is 5.66. The molecule has 1 aliphatic carbocycles. The van der Waals surface area contributed by atoms with Crippen molar-refractivity contribution in [3.63, 3.8) is 0 Å². The van der Waals surface area contributed by atoms with Gasteiger partial charge in [-0.05, 0) is 39.9 Å². The standard InChI is InChI=1S/C15H25N3OS/c1-11(2)19-13-9-12(3)17-14(18-13)16-10-15(20-4)7-5-6-8-15/h9,11H,5-8,10H2,1-4H3,(H,16,17,18). The predicted molar refractivity (Wildman–Crippen MR) is 85.7 cm³/mol. The van der Waals surface area contributed by atoms with Crippen molar-refractivity contribution in [1.29, 1.82) is 0 Å². The third-order valence-electron chi connectivity index (χ3n) is 3.70. The molecule has 1 aromatic heterocycles. The first-order valence-corrected chi connectivity index (χ1v) is 8.57. The molecule has 0 radical (unpaired) electrons. The topological polar surface area (TPSA) is 47.0 Å². The van der Waals surface area contributed by atoms with E-state index < -0.39 is 0 Å². The number of rotatable bonds is 6. The highest BCUT2D eigenvalue weighted by Crippen LogP contribution is 2.40. The fourth-order valence-corrected chi connectivity index (χ4v) is 3.55. The molecule has 0 amide bonds. The van der Waals surface area contributed by atoms with Gasteiger partial charge in [0.05, 0.1) is 6.10 Å². The van der Waals surface area contributed by atoms with Gasteiger partial charge in [0.1, 0.15) is 0 Å². The summed E-state index contributed by atoms with van der Waals surface area (Å²) in [4.78, 5) is 8.90. The molecule has 1 heterocycles. The lowest BCUT2D eigenvalue weighted by molar-refractivity contribution is 0.232.